The summed E-state index contributed by atoms with van der Waals surface area (Å²) in [5.41, 5.74) is 0. The van der Waals surface area contributed by atoms with Crippen LogP contribution in [-0.2, 0) is 14.3 Å². The van der Waals surface area contributed by atoms with Crippen LogP contribution in [0.3, 0.4) is 0 Å². The summed E-state index contributed by atoms with van der Waals surface area (Å²) in [6.07, 6.45) is 0.949. The van der Waals surface area contributed by atoms with Crippen LogP contribution in [0.15, 0.2) is 0 Å². The Morgan fingerprint density at radius 2 is 2.15 bits per heavy atom. The first kappa shape index (κ1) is 12.6. The molecule has 4 heteroatoms. The second-order valence-corrected chi connectivity index (χ2v) is 2.76. The molecule has 0 atom stereocenters. The summed E-state index contributed by atoms with van der Waals surface area (Å²) in [5, 5.41) is 2.96. The standard InChI is InChI=1S/C9H19NO3/c1-3-5-13-8-9(11)7-10-4-6-12-2/h10H,3-8H2,1-2H3. The lowest BCUT2D eigenvalue weighted by molar-refractivity contribution is -0.122. The molecule has 0 radical (unpaired) electrons. The monoisotopic (exact) mass is 189 g/mol. The van der Waals surface area contributed by atoms with E-state index in [4.69, 9.17) is 9.47 Å². The fraction of sp³-hybridized carbons (Fsp3) is 0.889. The molecule has 0 heterocycles. The van der Waals surface area contributed by atoms with E-state index in [1.807, 2.05) is 6.92 Å². The molecule has 0 fully saturated rings. The van der Waals surface area contributed by atoms with Gasteiger partial charge >= 0.3 is 0 Å². The summed E-state index contributed by atoms with van der Waals surface area (Å²) in [6.45, 7) is 4.59. The van der Waals surface area contributed by atoms with Gasteiger partial charge in [0.25, 0.3) is 0 Å². The number of ether oxygens (including phenoxy) is 2. The smallest absolute Gasteiger partial charge is 0.172 e. The predicted octanol–water partition coefficient (Wildman–Crippen LogP) is 0.218. The Hall–Kier alpha value is -0.450. The normalized spacial score (nSPS) is 10.3. The zero-order valence-corrected chi connectivity index (χ0v) is 8.47. The summed E-state index contributed by atoms with van der Waals surface area (Å²) in [7, 11) is 1.63. The van der Waals surface area contributed by atoms with Crippen molar-refractivity contribution >= 4 is 5.78 Å². The van der Waals surface area contributed by atoms with Crippen molar-refractivity contribution in [2.45, 2.75) is 13.3 Å². The molecule has 0 rings (SSSR count). The van der Waals surface area contributed by atoms with E-state index in [2.05, 4.69) is 5.32 Å². The van der Waals surface area contributed by atoms with Crippen LogP contribution in [0.2, 0.25) is 0 Å². The van der Waals surface area contributed by atoms with Crippen LogP contribution in [0.4, 0.5) is 0 Å². The Morgan fingerprint density at radius 3 is 2.77 bits per heavy atom. The maximum atomic E-state index is 11.1. The fourth-order valence-electron chi connectivity index (χ4n) is 0.783. The second-order valence-electron chi connectivity index (χ2n) is 2.76. The molecule has 4 nitrogen and oxygen atoms in total. The summed E-state index contributed by atoms with van der Waals surface area (Å²) in [4.78, 5) is 11.1. The number of carbonyl (C=O) groups excluding carboxylic acids is 1. The molecule has 78 valence electrons. The number of Topliss-reactive ketones (excluding diaryl/α,β-unsaturated/α-hetero) is 1. The highest BCUT2D eigenvalue weighted by Crippen LogP contribution is 1.80. The van der Waals surface area contributed by atoms with Gasteiger partial charge in [-0.1, -0.05) is 6.92 Å². The van der Waals surface area contributed by atoms with Crippen molar-refractivity contribution in [1.82, 2.24) is 5.32 Å². The molecular formula is C9H19NO3. The van der Waals surface area contributed by atoms with Gasteiger partial charge in [-0.25, -0.2) is 0 Å². The van der Waals surface area contributed by atoms with Crippen molar-refractivity contribution in [1.29, 1.82) is 0 Å². The van der Waals surface area contributed by atoms with Gasteiger partial charge in [-0.05, 0) is 6.42 Å². The lowest BCUT2D eigenvalue weighted by Gasteiger charge is -2.03. The van der Waals surface area contributed by atoms with Crippen molar-refractivity contribution in [3.63, 3.8) is 0 Å². The number of methoxy groups -OCH3 is 1. The van der Waals surface area contributed by atoms with Gasteiger partial charge in [-0.15, -0.1) is 0 Å². The lowest BCUT2D eigenvalue weighted by Crippen LogP contribution is -2.28. The van der Waals surface area contributed by atoms with Crippen LogP contribution < -0.4 is 5.32 Å². The highest BCUT2D eigenvalue weighted by atomic mass is 16.5. The predicted molar refractivity (Wildman–Crippen MR) is 50.9 cm³/mol. The number of hydrogen-bond acceptors (Lipinski definition) is 4. The van der Waals surface area contributed by atoms with E-state index < -0.39 is 0 Å². The Labute approximate surface area is 79.6 Å². The van der Waals surface area contributed by atoms with Crippen LogP contribution in [-0.4, -0.2) is 45.8 Å². The minimum atomic E-state index is 0.0875. The Balaban J connectivity index is 3.11. The molecule has 0 saturated heterocycles. The molecule has 0 spiro atoms. The highest BCUT2D eigenvalue weighted by Gasteiger charge is 1.99. The number of hydrogen-bond donors (Lipinski definition) is 1. The van der Waals surface area contributed by atoms with Crippen molar-refractivity contribution < 1.29 is 14.3 Å². The van der Waals surface area contributed by atoms with E-state index in [9.17, 15) is 4.79 Å². The van der Waals surface area contributed by atoms with Crippen molar-refractivity contribution in [2.24, 2.45) is 0 Å². The molecule has 0 unspecified atom stereocenters. The molecule has 1 N–H and O–H groups in total. The van der Waals surface area contributed by atoms with Crippen LogP contribution >= 0.6 is 0 Å². The van der Waals surface area contributed by atoms with Gasteiger partial charge in [0, 0.05) is 20.3 Å². The topological polar surface area (TPSA) is 47.6 Å². The lowest BCUT2D eigenvalue weighted by atomic mass is 10.4. The van der Waals surface area contributed by atoms with Gasteiger partial charge in [-0.2, -0.15) is 0 Å². The van der Waals surface area contributed by atoms with E-state index >= 15 is 0 Å². The number of rotatable bonds is 9. The number of carbonyl (C=O) groups is 1. The zero-order valence-electron chi connectivity index (χ0n) is 8.47. The molecule has 0 amide bonds. The first-order chi connectivity index (χ1) is 6.31. The first-order valence-electron chi connectivity index (χ1n) is 4.60. The molecule has 0 aromatic heterocycles. The van der Waals surface area contributed by atoms with E-state index in [-0.39, 0.29) is 12.4 Å². The molecule has 0 saturated carbocycles. The SMILES string of the molecule is CCCOCC(=O)CNCCOC. The summed E-state index contributed by atoms with van der Waals surface area (Å²) in [6, 6.07) is 0. The van der Waals surface area contributed by atoms with E-state index in [1.54, 1.807) is 7.11 Å². The van der Waals surface area contributed by atoms with Crippen molar-refractivity contribution in [2.75, 3.05) is 40.0 Å². The Bertz CT molecular complexity index is 128. The Morgan fingerprint density at radius 1 is 1.38 bits per heavy atom. The van der Waals surface area contributed by atoms with Gasteiger partial charge in [0.2, 0.25) is 0 Å². The average Bonchev–Trinajstić information content (AvgIpc) is 2.13. The minimum absolute atomic E-state index is 0.0875. The third-order valence-corrected chi connectivity index (χ3v) is 1.42. The van der Waals surface area contributed by atoms with Gasteiger partial charge in [0.05, 0.1) is 13.2 Å². The maximum absolute atomic E-state index is 11.1. The maximum Gasteiger partial charge on any atom is 0.172 e. The third kappa shape index (κ3) is 9.46. The number of ketones is 1. The molecule has 0 aromatic carbocycles. The molecule has 0 aliphatic carbocycles. The molecule has 13 heavy (non-hydrogen) atoms. The fourth-order valence-corrected chi connectivity index (χ4v) is 0.783. The van der Waals surface area contributed by atoms with E-state index in [0.717, 1.165) is 6.42 Å². The zero-order chi connectivity index (χ0) is 9.94. The third-order valence-electron chi connectivity index (χ3n) is 1.42. The van der Waals surface area contributed by atoms with Crippen molar-refractivity contribution in [3.8, 4) is 0 Å². The van der Waals surface area contributed by atoms with E-state index in [0.29, 0.717) is 26.3 Å². The first-order valence-corrected chi connectivity index (χ1v) is 4.60. The molecule has 0 bridgehead atoms. The van der Waals surface area contributed by atoms with Crippen LogP contribution in [0.5, 0.6) is 0 Å². The van der Waals surface area contributed by atoms with E-state index in [1.165, 1.54) is 0 Å². The summed E-state index contributed by atoms with van der Waals surface area (Å²) < 4.78 is 9.90. The van der Waals surface area contributed by atoms with Crippen LogP contribution in [0, 0.1) is 0 Å². The molecule has 0 aliphatic rings. The van der Waals surface area contributed by atoms with Crippen LogP contribution in [0.1, 0.15) is 13.3 Å². The average molecular weight is 189 g/mol. The van der Waals surface area contributed by atoms with Crippen molar-refractivity contribution in [3.05, 3.63) is 0 Å². The van der Waals surface area contributed by atoms with Gasteiger partial charge < -0.3 is 14.8 Å². The highest BCUT2D eigenvalue weighted by molar-refractivity contribution is 5.81. The van der Waals surface area contributed by atoms with Crippen LogP contribution in [0.25, 0.3) is 0 Å². The second kappa shape index (κ2) is 9.64. The number of nitrogens with one attached hydrogen (secondary N) is 1. The van der Waals surface area contributed by atoms with Gasteiger partial charge in [-0.3, -0.25) is 4.79 Å². The van der Waals surface area contributed by atoms with Gasteiger partial charge in [0.15, 0.2) is 5.78 Å². The molecule has 0 aliphatic heterocycles. The molecular weight excluding hydrogens is 170 g/mol. The summed E-state index contributed by atoms with van der Waals surface area (Å²) >= 11 is 0. The quantitative estimate of drug-likeness (QED) is 0.527. The Kier molecular flexibility index (Phi) is 9.30. The molecule has 0 aromatic rings. The van der Waals surface area contributed by atoms with Gasteiger partial charge in [0.1, 0.15) is 6.61 Å². The minimum Gasteiger partial charge on any atom is -0.383 e. The summed E-state index contributed by atoms with van der Waals surface area (Å²) in [5.74, 6) is 0.0875. The largest absolute Gasteiger partial charge is 0.383 e.